The van der Waals surface area contributed by atoms with Crippen LogP contribution in [0.5, 0.6) is 0 Å². The van der Waals surface area contributed by atoms with E-state index in [1.165, 1.54) is 24.3 Å². The van der Waals surface area contributed by atoms with E-state index in [4.69, 9.17) is 0 Å². The first-order valence-corrected chi connectivity index (χ1v) is 3.52. The molecule has 0 fully saturated rings. The number of carboxylic acids is 1. The van der Waals surface area contributed by atoms with E-state index in [2.05, 4.69) is 0 Å². The van der Waals surface area contributed by atoms with Crippen LogP contribution in [0.4, 0.5) is 0 Å². The van der Waals surface area contributed by atoms with Crippen molar-refractivity contribution in [3.63, 3.8) is 0 Å². The second-order valence-electron chi connectivity index (χ2n) is 2.42. The monoisotopic (exact) mass is 203 g/mol. The quantitative estimate of drug-likeness (QED) is 0.293. The standard InChI is InChI=1S/C8H7NO4.Na/c10-8(11)7(9(12)13)6-4-2-1-3-5-6;/h1-5,7H,(H,10,11);/q;+1/p-1. The molecule has 0 aliphatic rings. The van der Waals surface area contributed by atoms with Crippen LogP contribution >= 0.6 is 0 Å². The molecule has 68 valence electrons. The van der Waals surface area contributed by atoms with Crippen molar-refractivity contribution in [3.05, 3.63) is 46.0 Å². The van der Waals surface area contributed by atoms with Crippen molar-refractivity contribution in [3.8, 4) is 0 Å². The van der Waals surface area contributed by atoms with Gasteiger partial charge in [0.15, 0.2) is 0 Å². The molecule has 1 aromatic rings. The Hall–Kier alpha value is -0.910. The second-order valence-corrected chi connectivity index (χ2v) is 2.42. The third-order valence-corrected chi connectivity index (χ3v) is 1.55. The summed E-state index contributed by atoms with van der Waals surface area (Å²) in [6.07, 6.45) is 0. The number of rotatable bonds is 3. The van der Waals surface area contributed by atoms with Crippen LogP contribution < -0.4 is 34.7 Å². The number of hydrogen-bond acceptors (Lipinski definition) is 4. The molecule has 6 heteroatoms. The van der Waals surface area contributed by atoms with Gasteiger partial charge in [0.05, 0.1) is 0 Å². The molecule has 5 nitrogen and oxygen atoms in total. The molecule has 0 saturated carbocycles. The summed E-state index contributed by atoms with van der Waals surface area (Å²) in [5.41, 5.74) is 0.118. The number of carboxylic acid groups (broad SMARTS) is 1. The summed E-state index contributed by atoms with van der Waals surface area (Å²) < 4.78 is 0. The number of aliphatic carboxylic acids is 1. The van der Waals surface area contributed by atoms with Crippen LogP contribution in [0.3, 0.4) is 0 Å². The molecule has 0 aliphatic heterocycles. The molecule has 1 aromatic carbocycles. The van der Waals surface area contributed by atoms with Crippen molar-refractivity contribution in [2.75, 3.05) is 0 Å². The minimum absolute atomic E-state index is 0. The van der Waals surface area contributed by atoms with Gasteiger partial charge in [-0.3, -0.25) is 10.1 Å². The molecule has 0 spiro atoms. The van der Waals surface area contributed by atoms with Gasteiger partial charge in [-0.2, -0.15) is 0 Å². The summed E-state index contributed by atoms with van der Waals surface area (Å²) in [6.45, 7) is 0. The van der Waals surface area contributed by atoms with Gasteiger partial charge in [-0.15, -0.1) is 0 Å². The van der Waals surface area contributed by atoms with Crippen LogP contribution in [0.2, 0.25) is 0 Å². The molecule has 0 aliphatic carbocycles. The van der Waals surface area contributed by atoms with E-state index in [9.17, 15) is 20.0 Å². The number of carbonyl (C=O) groups is 1. The maximum Gasteiger partial charge on any atom is 1.00 e. The molecule has 14 heavy (non-hydrogen) atoms. The van der Waals surface area contributed by atoms with E-state index in [0.29, 0.717) is 0 Å². The molecular formula is C8H6NNaO4. The van der Waals surface area contributed by atoms with Crippen molar-refractivity contribution in [1.29, 1.82) is 0 Å². The van der Waals surface area contributed by atoms with Gasteiger partial charge < -0.3 is 9.90 Å². The van der Waals surface area contributed by atoms with E-state index >= 15 is 0 Å². The Morgan fingerprint density at radius 1 is 1.29 bits per heavy atom. The molecule has 0 aromatic heterocycles. The average Bonchev–Trinajstić information content (AvgIpc) is 2.04. The van der Waals surface area contributed by atoms with E-state index in [1.54, 1.807) is 6.07 Å². The number of hydrogen-bond donors (Lipinski definition) is 0. The van der Waals surface area contributed by atoms with Gasteiger partial charge in [0.25, 0.3) is 6.04 Å². The van der Waals surface area contributed by atoms with Gasteiger partial charge >= 0.3 is 29.6 Å². The summed E-state index contributed by atoms with van der Waals surface area (Å²) in [4.78, 5) is 19.8. The maximum absolute atomic E-state index is 10.4. The summed E-state index contributed by atoms with van der Waals surface area (Å²) in [7, 11) is 0. The molecule has 0 amide bonds. The van der Waals surface area contributed by atoms with Crippen LogP contribution in [0.1, 0.15) is 11.6 Å². The number of nitrogens with zero attached hydrogens (tertiary/aromatic N) is 1. The Balaban J connectivity index is 0.00000169. The third-order valence-electron chi connectivity index (χ3n) is 1.55. The van der Waals surface area contributed by atoms with Crippen LogP contribution in [-0.4, -0.2) is 10.9 Å². The number of carbonyl (C=O) groups excluding carboxylic acids is 1. The normalized spacial score (nSPS) is 11.1. The Kier molecular flexibility index (Phi) is 5.37. The minimum Gasteiger partial charge on any atom is -0.543 e. The van der Waals surface area contributed by atoms with Crippen LogP contribution in [0.25, 0.3) is 0 Å². The topological polar surface area (TPSA) is 83.3 Å². The number of nitro groups is 1. The molecule has 0 N–H and O–H groups in total. The van der Waals surface area contributed by atoms with E-state index in [1.807, 2.05) is 0 Å². The first kappa shape index (κ1) is 13.1. The second kappa shape index (κ2) is 5.74. The average molecular weight is 203 g/mol. The fourth-order valence-electron chi connectivity index (χ4n) is 0.979. The van der Waals surface area contributed by atoms with Gasteiger partial charge in [0.2, 0.25) is 0 Å². The van der Waals surface area contributed by atoms with Gasteiger partial charge in [-0.25, -0.2) is 0 Å². The van der Waals surface area contributed by atoms with E-state index in [0.717, 1.165) is 0 Å². The first-order valence-electron chi connectivity index (χ1n) is 3.52. The first-order chi connectivity index (χ1) is 6.13. The molecule has 1 atom stereocenters. The van der Waals surface area contributed by atoms with Crippen molar-refractivity contribution in [2.45, 2.75) is 6.04 Å². The minimum atomic E-state index is -1.78. The third kappa shape index (κ3) is 3.10. The molecule has 0 bridgehead atoms. The van der Waals surface area contributed by atoms with E-state index < -0.39 is 16.9 Å². The summed E-state index contributed by atoms with van der Waals surface area (Å²) in [5.74, 6) is -1.70. The Bertz CT molecular complexity index is 313. The summed E-state index contributed by atoms with van der Waals surface area (Å²) >= 11 is 0. The molecule has 0 radical (unpaired) electrons. The smallest absolute Gasteiger partial charge is 0.543 e. The molecule has 0 heterocycles. The Morgan fingerprint density at radius 3 is 2.14 bits per heavy atom. The zero-order valence-corrected chi connectivity index (χ0v) is 9.54. The maximum atomic E-state index is 10.4. The van der Waals surface area contributed by atoms with Crippen molar-refractivity contribution < 1.29 is 44.4 Å². The van der Waals surface area contributed by atoms with Gasteiger partial charge in [-0.05, 0) is 0 Å². The molecular weight excluding hydrogens is 197 g/mol. The Labute approximate surface area is 102 Å². The van der Waals surface area contributed by atoms with Crippen molar-refractivity contribution in [2.24, 2.45) is 0 Å². The zero-order valence-electron chi connectivity index (χ0n) is 7.54. The van der Waals surface area contributed by atoms with E-state index in [-0.39, 0.29) is 35.1 Å². The summed E-state index contributed by atoms with van der Waals surface area (Å²) in [5, 5.41) is 20.7. The van der Waals surface area contributed by atoms with Gasteiger partial charge in [-0.1, -0.05) is 30.3 Å². The van der Waals surface area contributed by atoms with Crippen LogP contribution in [0, 0.1) is 10.1 Å². The molecule has 1 unspecified atom stereocenters. The van der Waals surface area contributed by atoms with Crippen molar-refractivity contribution >= 4 is 5.97 Å². The van der Waals surface area contributed by atoms with Crippen LogP contribution in [-0.2, 0) is 4.79 Å². The predicted molar refractivity (Wildman–Crippen MR) is 41.2 cm³/mol. The fraction of sp³-hybridized carbons (Fsp3) is 0.125. The van der Waals surface area contributed by atoms with Gasteiger partial charge in [0, 0.05) is 10.5 Å². The van der Waals surface area contributed by atoms with Crippen LogP contribution in [0.15, 0.2) is 30.3 Å². The Morgan fingerprint density at radius 2 is 1.79 bits per heavy atom. The summed E-state index contributed by atoms with van der Waals surface area (Å²) in [6, 6.07) is 5.70. The predicted octanol–water partition coefficient (Wildman–Crippen LogP) is -3.24. The molecule has 1 rings (SSSR count). The SMILES string of the molecule is O=C([O-])C(c1ccccc1)[N+](=O)[O-].[Na+]. The number of benzene rings is 1. The van der Waals surface area contributed by atoms with Gasteiger partial charge in [0.1, 0.15) is 5.97 Å². The van der Waals surface area contributed by atoms with Crippen molar-refractivity contribution in [1.82, 2.24) is 0 Å². The fourth-order valence-corrected chi connectivity index (χ4v) is 0.979. The molecule has 0 saturated heterocycles. The zero-order chi connectivity index (χ0) is 9.84. The largest absolute Gasteiger partial charge is 1.00 e.